The number of halogens is 1. The Labute approximate surface area is 169 Å². The van der Waals surface area contributed by atoms with Gasteiger partial charge in [0, 0.05) is 22.7 Å². The summed E-state index contributed by atoms with van der Waals surface area (Å²) in [5.41, 5.74) is 2.05. The van der Waals surface area contributed by atoms with Gasteiger partial charge in [-0.1, -0.05) is 18.2 Å². The second-order valence-electron chi connectivity index (χ2n) is 7.03. The van der Waals surface area contributed by atoms with E-state index in [1.165, 1.54) is 30.6 Å². The van der Waals surface area contributed by atoms with E-state index in [9.17, 15) is 9.50 Å². The van der Waals surface area contributed by atoms with Gasteiger partial charge in [-0.3, -0.25) is 5.10 Å². The molecule has 5 rings (SSSR count). The Hall–Kier alpha value is -3.98. The Morgan fingerprint density at radius 3 is 2.70 bits per heavy atom. The molecule has 3 heterocycles. The molecule has 0 radical (unpaired) electrons. The van der Waals surface area contributed by atoms with Crippen LogP contribution < -0.4 is 5.32 Å². The topological polar surface area (TPSA) is 112 Å². The summed E-state index contributed by atoms with van der Waals surface area (Å²) in [6.45, 7) is 1.56. The van der Waals surface area contributed by atoms with Crippen molar-refractivity contribution in [1.29, 1.82) is 0 Å². The molecule has 8 nitrogen and oxygen atoms in total. The molecule has 3 aromatic heterocycles. The molecular formula is C21H16FN7O. The lowest BCUT2D eigenvalue weighted by Gasteiger charge is -2.25. The van der Waals surface area contributed by atoms with Gasteiger partial charge < -0.3 is 10.4 Å². The van der Waals surface area contributed by atoms with E-state index < -0.39 is 5.72 Å². The lowest BCUT2D eigenvalue weighted by Crippen LogP contribution is -2.32. The molecule has 0 aliphatic rings. The highest BCUT2D eigenvalue weighted by molar-refractivity contribution is 5.93. The number of hydrogen-bond acceptors (Lipinski definition) is 7. The Kier molecular flexibility index (Phi) is 4.11. The molecule has 0 amide bonds. The van der Waals surface area contributed by atoms with Gasteiger partial charge in [-0.25, -0.2) is 24.3 Å². The maximum atomic E-state index is 13.2. The Morgan fingerprint density at radius 1 is 1.03 bits per heavy atom. The van der Waals surface area contributed by atoms with Gasteiger partial charge in [-0.2, -0.15) is 5.10 Å². The maximum Gasteiger partial charge on any atom is 0.225 e. The molecule has 148 valence electrons. The molecule has 1 atom stereocenters. The van der Waals surface area contributed by atoms with Gasteiger partial charge in [0.15, 0.2) is 11.4 Å². The molecule has 0 aliphatic heterocycles. The average molecular weight is 401 g/mol. The van der Waals surface area contributed by atoms with Crippen molar-refractivity contribution in [2.45, 2.75) is 12.6 Å². The number of rotatable bonds is 4. The van der Waals surface area contributed by atoms with Crippen LogP contribution in [0, 0.1) is 5.82 Å². The fourth-order valence-corrected chi connectivity index (χ4v) is 3.30. The highest BCUT2D eigenvalue weighted by atomic mass is 19.1. The third-order valence-corrected chi connectivity index (χ3v) is 4.86. The second kappa shape index (κ2) is 6.82. The number of anilines is 1. The number of fused-ring (bicyclic) bond motifs is 2. The van der Waals surface area contributed by atoms with Crippen molar-refractivity contribution in [2.75, 3.05) is 5.32 Å². The molecule has 3 N–H and O–H groups in total. The van der Waals surface area contributed by atoms with Crippen molar-refractivity contribution in [2.24, 2.45) is 0 Å². The minimum atomic E-state index is -1.46. The molecule has 0 unspecified atom stereocenters. The van der Waals surface area contributed by atoms with Crippen molar-refractivity contribution in [3.8, 4) is 11.3 Å². The largest absolute Gasteiger partial charge is 0.367 e. The fourth-order valence-electron chi connectivity index (χ4n) is 3.30. The number of benzene rings is 2. The summed E-state index contributed by atoms with van der Waals surface area (Å²) >= 11 is 0. The lowest BCUT2D eigenvalue weighted by atomic mass is 10.1. The van der Waals surface area contributed by atoms with Crippen LogP contribution in [0.1, 0.15) is 12.5 Å². The van der Waals surface area contributed by atoms with Crippen LogP contribution in [-0.4, -0.2) is 35.2 Å². The smallest absolute Gasteiger partial charge is 0.225 e. The van der Waals surface area contributed by atoms with Gasteiger partial charge in [0.25, 0.3) is 0 Å². The highest BCUT2D eigenvalue weighted by Crippen LogP contribution is 2.28. The molecule has 0 bridgehead atoms. The third-order valence-electron chi connectivity index (χ3n) is 4.86. The molecule has 0 spiro atoms. The quantitative estimate of drug-likeness (QED) is 0.396. The van der Waals surface area contributed by atoms with Crippen molar-refractivity contribution in [3.05, 3.63) is 72.6 Å². The van der Waals surface area contributed by atoms with Gasteiger partial charge in [0.1, 0.15) is 12.1 Å². The highest BCUT2D eigenvalue weighted by Gasteiger charge is 2.24. The zero-order valence-electron chi connectivity index (χ0n) is 15.8. The summed E-state index contributed by atoms with van der Waals surface area (Å²) in [7, 11) is 0. The molecule has 0 saturated heterocycles. The maximum absolute atomic E-state index is 13.2. The minimum absolute atomic E-state index is 0.254. The van der Waals surface area contributed by atoms with E-state index in [2.05, 4.69) is 35.5 Å². The van der Waals surface area contributed by atoms with Crippen LogP contribution in [0.15, 0.2) is 61.2 Å². The molecule has 2 aromatic carbocycles. The van der Waals surface area contributed by atoms with Gasteiger partial charge >= 0.3 is 0 Å². The fraction of sp³-hybridized carbons (Fsp3) is 0.0952. The first kappa shape index (κ1) is 18.1. The molecule has 0 aliphatic carbocycles. The summed E-state index contributed by atoms with van der Waals surface area (Å²) in [5.74, 6) is -0.118. The van der Waals surface area contributed by atoms with Crippen molar-refractivity contribution in [1.82, 2.24) is 30.1 Å². The molecule has 9 heteroatoms. The number of nitrogens with zero attached hydrogens (tertiary/aromatic N) is 5. The Balaban J connectivity index is 1.47. The third kappa shape index (κ3) is 3.20. The summed E-state index contributed by atoms with van der Waals surface area (Å²) < 4.78 is 13.2. The standard InChI is InChI=1S/C21H16FN7O/c1-21(30,14-3-5-15(22)6-4-14)28-20-23-9-13-8-12(2-7-17(13)27-20)18-16-10-26-29-19(16)25-11-24-18/h2-11,30H,1H3,(H,23,27,28)(H,24,25,26,29)/t21-/m0/s1. The van der Waals surface area contributed by atoms with Crippen LogP contribution in [0.5, 0.6) is 0 Å². The van der Waals surface area contributed by atoms with Crippen LogP contribution in [-0.2, 0) is 5.72 Å². The Morgan fingerprint density at radius 2 is 1.87 bits per heavy atom. The normalized spacial score (nSPS) is 13.4. The van der Waals surface area contributed by atoms with E-state index in [4.69, 9.17) is 0 Å². The zero-order valence-corrected chi connectivity index (χ0v) is 15.8. The average Bonchev–Trinajstić information content (AvgIpc) is 3.22. The molecular weight excluding hydrogens is 385 g/mol. The van der Waals surface area contributed by atoms with E-state index in [0.717, 1.165) is 22.0 Å². The summed E-state index contributed by atoms with van der Waals surface area (Å²) in [6, 6.07) is 11.3. The number of hydrogen-bond donors (Lipinski definition) is 3. The number of aliphatic hydroxyl groups is 1. The lowest BCUT2D eigenvalue weighted by molar-refractivity contribution is 0.0878. The second-order valence-corrected chi connectivity index (χ2v) is 7.03. The summed E-state index contributed by atoms with van der Waals surface area (Å²) in [6.07, 6.45) is 4.85. The minimum Gasteiger partial charge on any atom is -0.367 e. The number of H-pyrrole nitrogens is 1. The number of nitrogens with one attached hydrogen (secondary N) is 2. The first-order chi connectivity index (χ1) is 14.5. The first-order valence-corrected chi connectivity index (χ1v) is 9.17. The summed E-state index contributed by atoms with van der Waals surface area (Å²) in [5, 5.41) is 22.1. The van der Waals surface area contributed by atoms with Gasteiger partial charge in [0.2, 0.25) is 5.95 Å². The van der Waals surface area contributed by atoms with E-state index in [-0.39, 0.29) is 11.8 Å². The number of aromatic amines is 1. The molecule has 0 saturated carbocycles. The summed E-state index contributed by atoms with van der Waals surface area (Å²) in [4.78, 5) is 17.3. The van der Waals surface area contributed by atoms with E-state index in [0.29, 0.717) is 16.7 Å². The SMILES string of the molecule is C[C@@](O)(Nc1ncc2cc(-c3ncnc4[nH]ncc34)ccc2n1)c1ccc(F)cc1. The van der Waals surface area contributed by atoms with E-state index in [1.54, 1.807) is 19.3 Å². The van der Waals surface area contributed by atoms with E-state index >= 15 is 0 Å². The molecule has 30 heavy (non-hydrogen) atoms. The van der Waals surface area contributed by atoms with Crippen molar-refractivity contribution >= 4 is 27.9 Å². The van der Waals surface area contributed by atoms with Gasteiger partial charge in [0.05, 0.1) is 22.8 Å². The van der Waals surface area contributed by atoms with Crippen LogP contribution in [0.25, 0.3) is 33.2 Å². The monoisotopic (exact) mass is 401 g/mol. The number of aromatic nitrogens is 6. The zero-order chi connectivity index (χ0) is 20.7. The van der Waals surface area contributed by atoms with Crippen LogP contribution >= 0.6 is 0 Å². The molecule has 0 fully saturated rings. The van der Waals surface area contributed by atoms with Gasteiger partial charge in [-0.05, 0) is 31.2 Å². The van der Waals surface area contributed by atoms with E-state index in [1.807, 2.05) is 18.2 Å². The van der Waals surface area contributed by atoms with Crippen LogP contribution in [0.4, 0.5) is 10.3 Å². The molecule has 5 aromatic rings. The van der Waals surface area contributed by atoms with Crippen LogP contribution in [0.3, 0.4) is 0 Å². The van der Waals surface area contributed by atoms with Crippen molar-refractivity contribution < 1.29 is 9.50 Å². The predicted molar refractivity (Wildman–Crippen MR) is 110 cm³/mol. The van der Waals surface area contributed by atoms with Gasteiger partial charge in [-0.15, -0.1) is 0 Å². The Bertz CT molecular complexity index is 1370. The van der Waals surface area contributed by atoms with Crippen molar-refractivity contribution in [3.63, 3.8) is 0 Å². The van der Waals surface area contributed by atoms with Crippen LogP contribution in [0.2, 0.25) is 0 Å². The first-order valence-electron chi connectivity index (χ1n) is 9.17. The predicted octanol–water partition coefficient (Wildman–Crippen LogP) is 3.38.